The van der Waals surface area contributed by atoms with Crippen LogP contribution in [-0.4, -0.2) is 23.1 Å². The average molecular weight is 363 g/mol. The maximum Gasteiger partial charge on any atom is 2.00 e. The zero-order valence-corrected chi connectivity index (χ0v) is 20.4. The molecule has 0 aromatic rings. The van der Waals surface area contributed by atoms with Crippen LogP contribution in [0, 0.1) is 24.7 Å². The first-order valence-corrected chi connectivity index (χ1v) is 11.3. The number of rotatable bonds is 15. The average Bonchev–Trinajstić information content (AvgIpc) is 2.61. The van der Waals surface area contributed by atoms with Crippen molar-refractivity contribution in [2.45, 2.75) is 131 Å². The second-order valence-corrected chi connectivity index (χ2v) is 7.50. The molecule has 0 aliphatic carbocycles. The van der Waals surface area contributed by atoms with Crippen molar-refractivity contribution in [2.75, 3.05) is 0 Å². The summed E-state index contributed by atoms with van der Waals surface area (Å²) in [6.45, 7) is 17.8. The van der Waals surface area contributed by atoms with Gasteiger partial charge in [0.15, 0.2) is 0 Å². The molecule has 148 valence electrons. The van der Waals surface area contributed by atoms with Gasteiger partial charge in [-0.1, -0.05) is 119 Å². The van der Waals surface area contributed by atoms with Gasteiger partial charge in [-0.05, 0) is 0 Å². The van der Waals surface area contributed by atoms with Crippen LogP contribution in [0.5, 0.6) is 0 Å². The summed E-state index contributed by atoms with van der Waals surface area (Å²) in [5, 5.41) is 0. The van der Waals surface area contributed by atoms with E-state index in [0.717, 1.165) is 18.3 Å². The second-order valence-electron chi connectivity index (χ2n) is 7.50. The van der Waals surface area contributed by atoms with Crippen LogP contribution in [0.25, 0.3) is 0 Å². The molecular formula is C24H50Mg. The predicted octanol–water partition coefficient (Wildman–Crippen LogP) is 8.81. The van der Waals surface area contributed by atoms with Gasteiger partial charge in [-0.25, -0.2) is 0 Å². The van der Waals surface area contributed by atoms with Crippen molar-refractivity contribution >= 4 is 23.1 Å². The quantitative estimate of drug-likeness (QED) is 0.155. The van der Waals surface area contributed by atoms with Gasteiger partial charge < -0.3 is 12.8 Å². The first kappa shape index (κ1) is 30.5. The Morgan fingerprint density at radius 3 is 1.72 bits per heavy atom. The van der Waals surface area contributed by atoms with E-state index in [0.29, 0.717) is 0 Å². The second kappa shape index (κ2) is 24.8. The molecule has 0 radical (unpaired) electrons. The van der Waals surface area contributed by atoms with Crippen LogP contribution in [-0.2, 0) is 0 Å². The molecule has 0 heterocycles. The summed E-state index contributed by atoms with van der Waals surface area (Å²) in [5.41, 5.74) is 0. The summed E-state index contributed by atoms with van der Waals surface area (Å²) in [6.07, 6.45) is 18.9. The van der Waals surface area contributed by atoms with Gasteiger partial charge in [0.1, 0.15) is 0 Å². The minimum Gasteiger partial charge on any atom is -0.343 e. The zero-order chi connectivity index (χ0) is 18.6. The third-order valence-corrected chi connectivity index (χ3v) is 5.34. The van der Waals surface area contributed by atoms with E-state index in [1.165, 1.54) is 83.5 Å². The van der Waals surface area contributed by atoms with Crippen LogP contribution in [0.2, 0.25) is 0 Å². The Kier molecular flexibility index (Phi) is 30.2. The van der Waals surface area contributed by atoms with E-state index in [9.17, 15) is 0 Å². The van der Waals surface area contributed by atoms with E-state index in [1.54, 1.807) is 0 Å². The number of hydrogen-bond acceptors (Lipinski definition) is 0. The smallest absolute Gasteiger partial charge is 0.343 e. The summed E-state index contributed by atoms with van der Waals surface area (Å²) in [4.78, 5) is 0. The van der Waals surface area contributed by atoms with Crippen LogP contribution < -0.4 is 0 Å². The molecule has 0 saturated heterocycles. The maximum absolute atomic E-state index is 3.78. The van der Waals surface area contributed by atoms with Crippen LogP contribution in [0.15, 0.2) is 0 Å². The summed E-state index contributed by atoms with van der Waals surface area (Å²) in [7, 11) is 0. The molecule has 2 unspecified atom stereocenters. The van der Waals surface area contributed by atoms with E-state index in [2.05, 4.69) is 48.5 Å². The fourth-order valence-corrected chi connectivity index (χ4v) is 3.38. The summed E-state index contributed by atoms with van der Waals surface area (Å²) < 4.78 is 0. The Balaban J connectivity index is -0.000000457. The molecule has 0 aromatic heterocycles. The maximum atomic E-state index is 3.78. The molecule has 0 N–H and O–H groups in total. The third-order valence-electron chi connectivity index (χ3n) is 5.34. The van der Waals surface area contributed by atoms with Crippen molar-refractivity contribution in [3.8, 4) is 0 Å². The molecule has 0 amide bonds. The Bertz CT molecular complexity index is 208. The molecule has 0 nitrogen and oxygen atoms in total. The normalized spacial score (nSPS) is 13.0. The molecule has 0 bridgehead atoms. The van der Waals surface area contributed by atoms with E-state index >= 15 is 0 Å². The van der Waals surface area contributed by atoms with Gasteiger partial charge in [0.05, 0.1) is 0 Å². The number of hydrogen-bond donors (Lipinski definition) is 0. The van der Waals surface area contributed by atoms with Crippen molar-refractivity contribution in [1.29, 1.82) is 0 Å². The molecule has 1 heteroatoms. The predicted molar refractivity (Wildman–Crippen MR) is 120 cm³/mol. The number of unbranched alkanes of at least 4 members (excludes halogenated alkanes) is 7. The van der Waals surface area contributed by atoms with Gasteiger partial charge in [0, 0.05) is 0 Å². The van der Waals surface area contributed by atoms with Crippen molar-refractivity contribution in [3.63, 3.8) is 0 Å². The van der Waals surface area contributed by atoms with Gasteiger partial charge in [-0.3, -0.25) is 0 Å². The van der Waals surface area contributed by atoms with E-state index in [-0.39, 0.29) is 23.1 Å². The molecule has 0 rings (SSSR count). The zero-order valence-electron chi connectivity index (χ0n) is 19.0. The van der Waals surface area contributed by atoms with Gasteiger partial charge in [0.2, 0.25) is 0 Å². The fourth-order valence-electron chi connectivity index (χ4n) is 3.38. The van der Waals surface area contributed by atoms with Crippen LogP contribution in [0.4, 0.5) is 0 Å². The van der Waals surface area contributed by atoms with Crippen molar-refractivity contribution in [2.24, 2.45) is 11.8 Å². The topological polar surface area (TPSA) is 0 Å². The monoisotopic (exact) mass is 362 g/mol. The third kappa shape index (κ3) is 19.3. The van der Waals surface area contributed by atoms with Gasteiger partial charge >= 0.3 is 23.1 Å². The van der Waals surface area contributed by atoms with Crippen molar-refractivity contribution < 1.29 is 0 Å². The van der Waals surface area contributed by atoms with Gasteiger partial charge in [0.25, 0.3) is 0 Å². The van der Waals surface area contributed by atoms with Crippen LogP contribution >= 0.6 is 0 Å². The Labute approximate surface area is 178 Å². The molecule has 2 atom stereocenters. The van der Waals surface area contributed by atoms with Gasteiger partial charge in [-0.2, -0.15) is 24.7 Å². The molecule has 0 fully saturated rings. The molecule has 0 saturated carbocycles. The first-order valence-electron chi connectivity index (χ1n) is 11.3. The summed E-state index contributed by atoms with van der Waals surface area (Å²) in [6, 6.07) is 0. The van der Waals surface area contributed by atoms with E-state index < -0.39 is 0 Å². The minimum absolute atomic E-state index is 0. The van der Waals surface area contributed by atoms with E-state index in [4.69, 9.17) is 0 Å². The minimum atomic E-state index is 0. The fraction of sp³-hybridized carbons (Fsp3) is 0.917. The Morgan fingerprint density at radius 2 is 1.28 bits per heavy atom. The first-order chi connectivity index (χ1) is 11.6. The molecule has 0 spiro atoms. The van der Waals surface area contributed by atoms with Gasteiger partial charge in [-0.15, -0.1) is 0 Å². The SMILES string of the molecule is CCCC[C-](C(C)CC)C(CC)CCCC.[CH2-]CCCCCCC.[Mg+2]. The van der Waals surface area contributed by atoms with Crippen LogP contribution in [0.3, 0.4) is 0 Å². The summed E-state index contributed by atoms with van der Waals surface area (Å²) in [5.74, 6) is 3.62. The molecule has 0 aliphatic rings. The molecule has 0 aliphatic heterocycles. The summed E-state index contributed by atoms with van der Waals surface area (Å²) >= 11 is 0. The van der Waals surface area contributed by atoms with Crippen molar-refractivity contribution in [1.82, 2.24) is 0 Å². The van der Waals surface area contributed by atoms with E-state index in [1.807, 2.05) is 5.92 Å². The van der Waals surface area contributed by atoms with Crippen molar-refractivity contribution in [3.05, 3.63) is 12.8 Å². The molecular weight excluding hydrogens is 313 g/mol. The Morgan fingerprint density at radius 1 is 0.720 bits per heavy atom. The standard InChI is InChI=1S/C16H33.C8H17.Mg/c1-6-10-12-15(9-4)16(13-11-7-2)14(5)8-3;1-3-5-7-8-6-4-2;/h14-15H,6-13H2,1-5H3;1,3-8H2,2H3;/q2*-1;+2. The Hall–Kier alpha value is 0.766. The molecule has 0 aromatic carbocycles. The molecule has 25 heavy (non-hydrogen) atoms. The largest absolute Gasteiger partial charge is 2.00 e. The van der Waals surface area contributed by atoms with Crippen LogP contribution in [0.1, 0.15) is 131 Å².